The summed E-state index contributed by atoms with van der Waals surface area (Å²) in [7, 11) is 3.72. The Kier molecular flexibility index (Phi) is 13.4. The van der Waals surface area contributed by atoms with Gasteiger partial charge < -0.3 is 53.7 Å². The van der Waals surface area contributed by atoms with Crippen molar-refractivity contribution in [2.45, 2.75) is 33.5 Å². The number of hydrogen-bond donors (Lipinski definition) is 6. The molecule has 41 heavy (non-hydrogen) atoms. The SMILES string of the molecule is CC.CCC(O)Oc1c(-c2cc(OC)c(O)c(OC)c2)oc2cc(=[OH+])cc3oc(C(=O)O)cc1c32.CO.OC#CO. The molecule has 222 valence electrons. The van der Waals surface area contributed by atoms with Crippen LogP contribution >= 0.6 is 0 Å². The molecule has 0 aliphatic rings. The first-order chi connectivity index (χ1) is 19.7. The van der Waals surface area contributed by atoms with Gasteiger partial charge in [0.05, 0.1) is 31.7 Å². The molecule has 0 aliphatic carbocycles. The fourth-order valence-corrected chi connectivity index (χ4v) is 3.47. The summed E-state index contributed by atoms with van der Waals surface area (Å²) in [5, 5.41) is 52.2. The number of carboxylic acids is 1. The van der Waals surface area contributed by atoms with Crippen LogP contribution in [0.3, 0.4) is 0 Å². The normalized spacial score (nSPS) is 10.3. The summed E-state index contributed by atoms with van der Waals surface area (Å²) in [6.45, 7) is 5.70. The molecule has 0 saturated heterocycles. The summed E-state index contributed by atoms with van der Waals surface area (Å²) in [5.74, 6) is -1.73. The molecule has 0 fully saturated rings. The number of ether oxygens (including phenoxy) is 3. The number of carboxylic acid groups (broad SMARTS) is 1. The van der Waals surface area contributed by atoms with Crippen LogP contribution < -0.4 is 19.6 Å². The van der Waals surface area contributed by atoms with E-state index in [1.165, 1.54) is 56.8 Å². The second-order valence-electron chi connectivity index (χ2n) is 7.34. The number of carbonyl (C=O) groups is 1. The highest BCUT2D eigenvalue weighted by molar-refractivity contribution is 6.11. The molecule has 13 nitrogen and oxygen atoms in total. The van der Waals surface area contributed by atoms with Crippen LogP contribution in [0.15, 0.2) is 39.2 Å². The highest BCUT2D eigenvalue weighted by Gasteiger charge is 2.25. The second kappa shape index (κ2) is 16.1. The molecule has 0 aliphatic heterocycles. The Hall–Kier alpha value is -5.06. The van der Waals surface area contributed by atoms with Crippen LogP contribution in [-0.2, 0) is 0 Å². The van der Waals surface area contributed by atoms with Gasteiger partial charge in [-0.1, -0.05) is 20.8 Å². The van der Waals surface area contributed by atoms with Crippen LogP contribution in [0, 0.1) is 12.2 Å². The highest BCUT2D eigenvalue weighted by Crippen LogP contribution is 2.46. The molecule has 0 bridgehead atoms. The van der Waals surface area contributed by atoms with E-state index in [2.05, 4.69) is 0 Å². The molecule has 0 saturated carbocycles. The van der Waals surface area contributed by atoms with E-state index in [-0.39, 0.29) is 57.2 Å². The molecule has 4 rings (SSSR count). The van der Waals surface area contributed by atoms with Crippen LogP contribution in [0.1, 0.15) is 37.7 Å². The van der Waals surface area contributed by atoms with E-state index < -0.39 is 18.0 Å². The van der Waals surface area contributed by atoms with Crippen molar-refractivity contribution >= 4 is 27.9 Å². The number of hydrogen-bond acceptors (Lipinski definition) is 11. The third-order valence-electron chi connectivity index (χ3n) is 5.08. The average molecular weight is 578 g/mol. The van der Waals surface area contributed by atoms with Gasteiger partial charge in [-0.25, -0.2) is 4.79 Å². The van der Waals surface area contributed by atoms with Crippen molar-refractivity contribution in [2.24, 2.45) is 0 Å². The minimum absolute atomic E-state index is 0.0284. The van der Waals surface area contributed by atoms with Gasteiger partial charge in [0.2, 0.25) is 11.5 Å². The predicted octanol–water partition coefficient (Wildman–Crippen LogP) is 3.66. The molecule has 0 amide bonds. The van der Waals surface area contributed by atoms with Crippen LogP contribution in [0.5, 0.6) is 23.0 Å². The van der Waals surface area contributed by atoms with Gasteiger partial charge in [0.15, 0.2) is 41.5 Å². The second-order valence-corrected chi connectivity index (χ2v) is 7.34. The topological polar surface area (TPSA) is 214 Å². The summed E-state index contributed by atoms with van der Waals surface area (Å²) < 4.78 is 27.7. The van der Waals surface area contributed by atoms with Gasteiger partial charge in [0.1, 0.15) is 11.2 Å². The molecule has 4 aromatic rings. The Balaban J connectivity index is 0.000000950. The van der Waals surface area contributed by atoms with Gasteiger partial charge in [-0.05, 0) is 12.1 Å². The van der Waals surface area contributed by atoms with Crippen LogP contribution in [-0.4, -0.2) is 69.0 Å². The van der Waals surface area contributed by atoms with Gasteiger partial charge in [0, 0.05) is 30.5 Å². The van der Waals surface area contributed by atoms with Crippen LogP contribution in [0.2, 0.25) is 0 Å². The maximum absolute atomic E-state index is 11.7. The monoisotopic (exact) mass is 577 g/mol. The molecule has 2 aromatic carbocycles. The first-order valence-electron chi connectivity index (χ1n) is 12.0. The average Bonchev–Trinajstić information content (AvgIpc) is 2.99. The number of aliphatic hydroxyl groups is 4. The smallest absolute Gasteiger partial charge is 0.371 e. The third-order valence-corrected chi connectivity index (χ3v) is 5.08. The number of rotatable bonds is 7. The van der Waals surface area contributed by atoms with E-state index in [0.717, 1.165) is 7.11 Å². The van der Waals surface area contributed by atoms with Crippen LogP contribution in [0.25, 0.3) is 33.3 Å². The zero-order valence-corrected chi connectivity index (χ0v) is 23.3. The van der Waals surface area contributed by atoms with Gasteiger partial charge in [-0.15, -0.1) is 0 Å². The number of phenols is 1. The summed E-state index contributed by atoms with van der Waals surface area (Å²) in [4.78, 5) is 21.8. The van der Waals surface area contributed by atoms with Crippen molar-refractivity contribution in [3.8, 4) is 46.5 Å². The lowest BCUT2D eigenvalue weighted by Crippen LogP contribution is -2.15. The lowest BCUT2D eigenvalue weighted by molar-refractivity contribution is -0.0185. The van der Waals surface area contributed by atoms with Crippen LogP contribution in [0.4, 0.5) is 0 Å². The predicted molar refractivity (Wildman–Crippen MR) is 146 cm³/mol. The summed E-state index contributed by atoms with van der Waals surface area (Å²) in [6.07, 6.45) is 1.46. The van der Waals surface area contributed by atoms with Gasteiger partial charge in [-0.2, -0.15) is 0 Å². The molecular formula is C28H33O13+. The number of aromatic hydroxyl groups is 1. The largest absolute Gasteiger partial charge is 0.502 e. The minimum atomic E-state index is -1.34. The summed E-state index contributed by atoms with van der Waals surface area (Å²) in [6, 6.07) is 6.77. The molecule has 1 unspecified atom stereocenters. The number of aliphatic hydroxyl groups excluding tert-OH is 4. The number of aromatic carboxylic acids is 1. The zero-order chi connectivity index (χ0) is 31.3. The Morgan fingerprint density at radius 2 is 1.49 bits per heavy atom. The van der Waals surface area contributed by atoms with E-state index in [9.17, 15) is 24.9 Å². The fourth-order valence-electron chi connectivity index (χ4n) is 3.47. The molecule has 2 heterocycles. The molecule has 0 spiro atoms. The van der Waals surface area contributed by atoms with Gasteiger partial charge >= 0.3 is 11.4 Å². The van der Waals surface area contributed by atoms with Crippen molar-refractivity contribution in [1.82, 2.24) is 0 Å². The van der Waals surface area contributed by atoms with Crippen molar-refractivity contribution in [3.63, 3.8) is 0 Å². The molecule has 7 N–H and O–H groups in total. The first-order valence-corrected chi connectivity index (χ1v) is 12.0. The third kappa shape index (κ3) is 7.75. The lowest BCUT2D eigenvalue weighted by atomic mass is 10.0. The summed E-state index contributed by atoms with van der Waals surface area (Å²) in [5.41, 5.74) is 0.333. The first kappa shape index (κ1) is 34.0. The Bertz CT molecular complexity index is 1540. The molecule has 13 heteroatoms. The zero-order valence-electron chi connectivity index (χ0n) is 23.3. The van der Waals surface area contributed by atoms with Crippen molar-refractivity contribution in [1.29, 1.82) is 0 Å². The minimum Gasteiger partial charge on any atom is -0.502 e. The molecule has 1 atom stereocenters. The van der Waals surface area contributed by atoms with Crippen molar-refractivity contribution < 1.29 is 63.3 Å². The van der Waals surface area contributed by atoms with Crippen molar-refractivity contribution in [3.05, 3.63) is 41.5 Å². The number of phenolic OH excluding ortho intramolecular Hbond substituents is 1. The van der Waals surface area contributed by atoms with Gasteiger partial charge in [-0.3, -0.25) is 4.79 Å². The van der Waals surface area contributed by atoms with E-state index in [1.54, 1.807) is 6.92 Å². The van der Waals surface area contributed by atoms with E-state index >= 15 is 0 Å². The number of benzene rings is 2. The van der Waals surface area contributed by atoms with E-state index in [1.807, 2.05) is 13.8 Å². The highest BCUT2D eigenvalue weighted by atomic mass is 16.6. The molecular weight excluding hydrogens is 544 g/mol. The van der Waals surface area contributed by atoms with Gasteiger partial charge in [0.25, 0.3) is 0 Å². The Morgan fingerprint density at radius 1 is 0.976 bits per heavy atom. The Morgan fingerprint density at radius 3 is 1.93 bits per heavy atom. The number of methoxy groups -OCH3 is 2. The summed E-state index contributed by atoms with van der Waals surface area (Å²) >= 11 is 0. The molecule has 2 aromatic heterocycles. The molecule has 0 radical (unpaired) electrons. The maximum Gasteiger partial charge on any atom is 0.371 e. The standard InChI is InChI=1S/C23H20O10.C2H2O2.C2H6.CH4O/c1-4-18(25)33-22-12-9-17(23(27)28)31-13-7-11(24)8-14(19(12)13)32-21(22)10-5-15(29-2)20(26)16(6-10)30-3;3-1-2-4;2*1-2/h5-9,18,25-26H,4H2,1-3H3,(H,27,28);3-4H;1-2H3;2H,1H3/p+1. The fraction of sp³-hybridized carbons (Fsp3) is 0.286. The van der Waals surface area contributed by atoms with Crippen molar-refractivity contribution in [2.75, 3.05) is 21.3 Å². The quantitative estimate of drug-likeness (QED) is 0.105. The van der Waals surface area contributed by atoms with E-state index in [0.29, 0.717) is 10.9 Å². The Labute approximate surface area is 234 Å². The maximum atomic E-state index is 11.7. The lowest BCUT2D eigenvalue weighted by Gasteiger charge is -2.19. The van der Waals surface area contributed by atoms with E-state index in [4.69, 9.17) is 38.4 Å².